The van der Waals surface area contributed by atoms with Crippen LogP contribution < -0.4 is 10.6 Å². The Kier molecular flexibility index (Phi) is 6.65. The summed E-state index contributed by atoms with van der Waals surface area (Å²) in [6.45, 7) is 0.473. The zero-order chi connectivity index (χ0) is 22.3. The lowest BCUT2D eigenvalue weighted by Gasteiger charge is -2.31. The van der Waals surface area contributed by atoms with Crippen molar-refractivity contribution in [2.75, 3.05) is 30.3 Å². The number of amides is 3. The van der Waals surface area contributed by atoms with Gasteiger partial charge < -0.3 is 20.3 Å². The third-order valence-corrected chi connectivity index (χ3v) is 5.48. The van der Waals surface area contributed by atoms with E-state index in [0.717, 1.165) is 10.8 Å². The predicted octanol–water partition coefficient (Wildman–Crippen LogP) is 4.27. The van der Waals surface area contributed by atoms with Gasteiger partial charge in [-0.3, -0.25) is 9.59 Å². The van der Waals surface area contributed by atoms with E-state index in [1.165, 1.54) is 0 Å². The number of hydrogen-bond donors (Lipinski definition) is 2. The number of esters is 1. The second-order valence-electron chi connectivity index (χ2n) is 7.76. The topological polar surface area (TPSA) is 87.7 Å². The first-order valence-corrected chi connectivity index (χ1v) is 10.7. The van der Waals surface area contributed by atoms with Gasteiger partial charge in [0.25, 0.3) is 5.91 Å². The van der Waals surface area contributed by atoms with Crippen LogP contribution in [0.3, 0.4) is 0 Å². The van der Waals surface area contributed by atoms with Crippen LogP contribution in [-0.2, 0) is 14.3 Å². The maximum Gasteiger partial charge on any atom is 0.321 e. The van der Waals surface area contributed by atoms with Crippen LogP contribution in [0.4, 0.5) is 16.2 Å². The van der Waals surface area contributed by atoms with Crippen LogP contribution in [0.5, 0.6) is 0 Å². The van der Waals surface area contributed by atoms with Gasteiger partial charge in [0.1, 0.15) is 0 Å². The number of hydrogen-bond acceptors (Lipinski definition) is 4. The van der Waals surface area contributed by atoms with Crippen LogP contribution >= 0.6 is 0 Å². The highest BCUT2D eigenvalue weighted by Gasteiger charge is 2.30. The molecule has 1 heterocycles. The molecule has 7 nitrogen and oxygen atoms in total. The highest BCUT2D eigenvalue weighted by molar-refractivity contribution is 6.02. The molecule has 1 atom stereocenters. The molecule has 164 valence electrons. The van der Waals surface area contributed by atoms with E-state index >= 15 is 0 Å². The molecule has 3 aromatic carbocycles. The molecule has 0 aromatic heterocycles. The van der Waals surface area contributed by atoms with Gasteiger partial charge in [-0.1, -0.05) is 54.6 Å². The second kappa shape index (κ2) is 9.96. The molecule has 4 rings (SSSR count). The van der Waals surface area contributed by atoms with Crippen molar-refractivity contribution in [3.63, 3.8) is 0 Å². The molecule has 1 aliphatic rings. The first-order chi connectivity index (χ1) is 15.6. The molecule has 3 aromatic rings. The highest BCUT2D eigenvalue weighted by Crippen LogP contribution is 2.23. The van der Waals surface area contributed by atoms with Gasteiger partial charge in [-0.15, -0.1) is 0 Å². The van der Waals surface area contributed by atoms with Gasteiger partial charge in [-0.25, -0.2) is 4.79 Å². The summed E-state index contributed by atoms with van der Waals surface area (Å²) in [7, 11) is 0. The summed E-state index contributed by atoms with van der Waals surface area (Å²) >= 11 is 0. The van der Waals surface area contributed by atoms with Crippen molar-refractivity contribution < 1.29 is 19.1 Å². The molecule has 2 N–H and O–H groups in total. The SMILES string of the molecule is O=C(COC(=O)C1CCCN(C(=O)Nc2ccccc2)C1)Nc1cccc2ccccc12. The molecule has 3 amide bonds. The number of urea groups is 1. The molecule has 1 fully saturated rings. The minimum atomic E-state index is -0.463. The molecule has 0 spiro atoms. The number of ether oxygens (including phenoxy) is 1. The fourth-order valence-electron chi connectivity index (χ4n) is 3.85. The Morgan fingerprint density at radius 3 is 2.50 bits per heavy atom. The molecule has 0 radical (unpaired) electrons. The van der Waals surface area contributed by atoms with Gasteiger partial charge in [-0.2, -0.15) is 0 Å². The molecule has 0 aliphatic carbocycles. The highest BCUT2D eigenvalue weighted by atomic mass is 16.5. The van der Waals surface area contributed by atoms with Gasteiger partial charge in [-0.05, 0) is 36.4 Å². The fourth-order valence-corrected chi connectivity index (χ4v) is 3.85. The summed E-state index contributed by atoms with van der Waals surface area (Å²) in [5.74, 6) is -1.31. The molecule has 32 heavy (non-hydrogen) atoms. The standard InChI is InChI=1S/C25H25N3O4/c29-23(27-22-14-6-9-18-8-4-5-13-21(18)22)17-32-24(30)19-10-7-15-28(16-19)25(31)26-20-11-2-1-3-12-20/h1-6,8-9,11-14,19H,7,10,15-17H2,(H,26,31)(H,27,29). The summed E-state index contributed by atoms with van der Waals surface area (Å²) in [5.41, 5.74) is 1.37. The molecular formula is C25H25N3O4. The average Bonchev–Trinajstić information content (AvgIpc) is 2.83. The van der Waals surface area contributed by atoms with Crippen LogP contribution in [-0.4, -0.2) is 42.5 Å². The van der Waals surface area contributed by atoms with E-state index in [2.05, 4.69) is 10.6 Å². The van der Waals surface area contributed by atoms with Crippen molar-refractivity contribution in [1.29, 1.82) is 0 Å². The Labute approximate surface area is 186 Å². The third-order valence-electron chi connectivity index (χ3n) is 5.48. The number of likely N-dealkylation sites (tertiary alicyclic amines) is 1. The number of nitrogens with one attached hydrogen (secondary N) is 2. The van der Waals surface area contributed by atoms with Crippen molar-refractivity contribution in [2.45, 2.75) is 12.8 Å². The first kappa shape index (κ1) is 21.4. The number of para-hydroxylation sites is 1. The largest absolute Gasteiger partial charge is 0.455 e. The van der Waals surface area contributed by atoms with Crippen molar-refractivity contribution >= 4 is 40.1 Å². The van der Waals surface area contributed by atoms with Gasteiger partial charge in [0.15, 0.2) is 6.61 Å². The van der Waals surface area contributed by atoms with Crippen molar-refractivity contribution in [3.8, 4) is 0 Å². The molecule has 0 saturated carbocycles. The lowest BCUT2D eigenvalue weighted by atomic mass is 9.98. The lowest BCUT2D eigenvalue weighted by molar-refractivity contribution is -0.152. The maximum atomic E-state index is 12.5. The van der Waals surface area contributed by atoms with Crippen molar-refractivity contribution in [1.82, 2.24) is 4.90 Å². The van der Waals surface area contributed by atoms with Crippen LogP contribution in [0, 0.1) is 5.92 Å². The zero-order valence-corrected chi connectivity index (χ0v) is 17.6. The third kappa shape index (κ3) is 5.24. The molecule has 1 aliphatic heterocycles. The molecule has 7 heteroatoms. The van der Waals surface area contributed by atoms with E-state index in [9.17, 15) is 14.4 Å². The lowest BCUT2D eigenvalue weighted by Crippen LogP contribution is -2.45. The summed E-state index contributed by atoms with van der Waals surface area (Å²) < 4.78 is 5.26. The zero-order valence-electron chi connectivity index (χ0n) is 17.6. The average molecular weight is 431 g/mol. The van der Waals surface area contributed by atoms with E-state index in [0.29, 0.717) is 30.8 Å². The van der Waals surface area contributed by atoms with E-state index < -0.39 is 17.8 Å². The van der Waals surface area contributed by atoms with Gasteiger partial charge in [0, 0.05) is 29.9 Å². The van der Waals surface area contributed by atoms with Crippen molar-refractivity contribution in [2.24, 2.45) is 5.92 Å². The Bertz CT molecular complexity index is 1110. The number of carbonyl (C=O) groups excluding carboxylic acids is 3. The van der Waals surface area contributed by atoms with Gasteiger partial charge in [0.05, 0.1) is 5.92 Å². The summed E-state index contributed by atoms with van der Waals surface area (Å²) in [4.78, 5) is 39.0. The van der Waals surface area contributed by atoms with E-state index in [1.807, 2.05) is 72.8 Å². The van der Waals surface area contributed by atoms with Crippen molar-refractivity contribution in [3.05, 3.63) is 72.8 Å². The summed E-state index contributed by atoms with van der Waals surface area (Å²) in [5, 5.41) is 7.57. The summed E-state index contributed by atoms with van der Waals surface area (Å²) in [6, 6.07) is 22.3. The molecule has 1 saturated heterocycles. The smallest absolute Gasteiger partial charge is 0.321 e. The molecule has 1 unspecified atom stereocenters. The number of anilines is 2. The fraction of sp³-hybridized carbons (Fsp3) is 0.240. The van der Waals surface area contributed by atoms with E-state index in [1.54, 1.807) is 4.90 Å². The molecule has 0 bridgehead atoms. The number of benzene rings is 3. The van der Waals surface area contributed by atoms with Gasteiger partial charge >= 0.3 is 12.0 Å². The quantitative estimate of drug-likeness (QED) is 0.591. The maximum absolute atomic E-state index is 12.5. The normalized spacial score (nSPS) is 15.8. The first-order valence-electron chi connectivity index (χ1n) is 10.7. The van der Waals surface area contributed by atoms with Crippen LogP contribution in [0.2, 0.25) is 0 Å². The number of piperidine rings is 1. The Balaban J connectivity index is 1.28. The van der Waals surface area contributed by atoms with Crippen LogP contribution in [0.15, 0.2) is 72.8 Å². The molecular weight excluding hydrogens is 406 g/mol. The Morgan fingerprint density at radius 1 is 0.906 bits per heavy atom. The Morgan fingerprint density at radius 2 is 1.66 bits per heavy atom. The Hall–Kier alpha value is -3.87. The monoisotopic (exact) mass is 431 g/mol. The minimum absolute atomic E-state index is 0.248. The van der Waals surface area contributed by atoms with Gasteiger partial charge in [0.2, 0.25) is 0 Å². The van der Waals surface area contributed by atoms with Crippen LogP contribution in [0.1, 0.15) is 12.8 Å². The number of carbonyl (C=O) groups is 3. The number of nitrogens with zero attached hydrogens (tertiary/aromatic N) is 1. The van der Waals surface area contributed by atoms with E-state index in [4.69, 9.17) is 4.74 Å². The second-order valence-corrected chi connectivity index (χ2v) is 7.76. The van der Waals surface area contributed by atoms with E-state index in [-0.39, 0.29) is 19.2 Å². The number of rotatable bonds is 5. The predicted molar refractivity (Wildman–Crippen MR) is 123 cm³/mol. The summed E-state index contributed by atoms with van der Waals surface area (Å²) in [6.07, 6.45) is 1.32. The minimum Gasteiger partial charge on any atom is -0.455 e. The van der Waals surface area contributed by atoms with Crippen LogP contribution in [0.25, 0.3) is 10.8 Å². The number of fused-ring (bicyclic) bond motifs is 1.